The molecule has 0 spiro atoms. The summed E-state index contributed by atoms with van der Waals surface area (Å²) in [4.78, 5) is 42.4. The lowest BCUT2D eigenvalue weighted by Gasteiger charge is -2.27. The summed E-state index contributed by atoms with van der Waals surface area (Å²) in [5.74, 6) is -0.277. The van der Waals surface area contributed by atoms with E-state index >= 15 is 0 Å². The number of rotatable bonds is 8. The first-order valence-electron chi connectivity index (χ1n) is 12.2. The van der Waals surface area contributed by atoms with Crippen LogP contribution in [0.15, 0.2) is 48.6 Å². The number of carbonyl (C=O) groups is 2. The molecule has 0 bridgehead atoms. The predicted molar refractivity (Wildman–Crippen MR) is 137 cm³/mol. The van der Waals surface area contributed by atoms with Gasteiger partial charge in [-0.2, -0.15) is 0 Å². The number of carbonyl (C=O) groups excluding carboxylic acids is 2. The zero-order valence-corrected chi connectivity index (χ0v) is 21.0. The highest BCUT2D eigenvalue weighted by atomic mass is 19.1. The van der Waals surface area contributed by atoms with Gasteiger partial charge in [0.05, 0.1) is 18.7 Å². The van der Waals surface area contributed by atoms with Crippen LogP contribution in [0.5, 0.6) is 0 Å². The topological polar surface area (TPSA) is 115 Å². The minimum absolute atomic E-state index is 0.0443. The van der Waals surface area contributed by atoms with Gasteiger partial charge in [-0.3, -0.25) is 9.59 Å². The first kappa shape index (κ1) is 24.8. The number of H-pyrrole nitrogens is 1. The number of methoxy groups -OCH3 is 1. The highest BCUT2D eigenvalue weighted by molar-refractivity contribution is 5.98. The largest absolute Gasteiger partial charge is 0.382 e. The molecule has 3 N–H and O–H groups in total. The number of aromatic nitrogens is 3. The lowest BCUT2D eigenvalue weighted by molar-refractivity contribution is -0.136. The molecule has 1 fully saturated rings. The van der Waals surface area contributed by atoms with Crippen LogP contribution in [0.1, 0.15) is 18.9 Å². The average molecular weight is 508 g/mol. The molecule has 2 aromatic heterocycles. The number of ether oxygens (including phenoxy) is 1. The van der Waals surface area contributed by atoms with Gasteiger partial charge in [0, 0.05) is 66.5 Å². The summed E-state index contributed by atoms with van der Waals surface area (Å²) < 4.78 is 19.2. The van der Waals surface area contributed by atoms with Crippen molar-refractivity contribution >= 4 is 34.2 Å². The second kappa shape index (κ2) is 10.3. The van der Waals surface area contributed by atoms with Gasteiger partial charge in [-0.25, -0.2) is 14.4 Å². The predicted octanol–water partition coefficient (Wildman–Crippen LogP) is 1.67. The third kappa shape index (κ3) is 4.56. The number of nitrogens with zero attached hydrogens (tertiary/aromatic N) is 4. The molecule has 0 radical (unpaired) electrons. The van der Waals surface area contributed by atoms with E-state index < -0.39 is 12.1 Å². The Morgan fingerprint density at radius 2 is 2.08 bits per heavy atom. The lowest BCUT2D eigenvalue weighted by atomic mass is 10.0. The fourth-order valence-corrected chi connectivity index (χ4v) is 5.12. The number of hydrogen-bond acceptors (Lipinski definition) is 7. The monoisotopic (exact) mass is 507 g/mol. The van der Waals surface area contributed by atoms with Crippen molar-refractivity contribution < 1.29 is 18.7 Å². The summed E-state index contributed by atoms with van der Waals surface area (Å²) in [6, 6.07) is 4.96. The maximum Gasteiger partial charge on any atom is 0.251 e. The SMILES string of the molecule is CNC(C)C(=O)NC(COC)C(=O)N1CCC2C1=C(c1c[nH]c3cc(F)ccc13)CN2c1ncccn1. The summed E-state index contributed by atoms with van der Waals surface area (Å²) >= 11 is 0. The molecular weight excluding hydrogens is 477 g/mol. The van der Waals surface area contributed by atoms with Gasteiger partial charge >= 0.3 is 0 Å². The van der Waals surface area contributed by atoms with E-state index in [1.54, 1.807) is 43.4 Å². The van der Waals surface area contributed by atoms with Crippen molar-refractivity contribution in [2.45, 2.75) is 31.5 Å². The minimum atomic E-state index is -0.847. The number of halogens is 1. The Balaban J connectivity index is 1.55. The molecule has 4 heterocycles. The highest BCUT2D eigenvalue weighted by Crippen LogP contribution is 2.43. The molecule has 194 valence electrons. The van der Waals surface area contributed by atoms with Gasteiger partial charge in [0.2, 0.25) is 11.9 Å². The summed E-state index contributed by atoms with van der Waals surface area (Å²) in [7, 11) is 3.19. The van der Waals surface area contributed by atoms with Gasteiger partial charge < -0.3 is 30.2 Å². The Morgan fingerprint density at radius 3 is 2.81 bits per heavy atom. The number of benzene rings is 1. The summed E-state index contributed by atoms with van der Waals surface area (Å²) in [6.07, 6.45) is 5.92. The fourth-order valence-electron chi connectivity index (χ4n) is 5.12. The summed E-state index contributed by atoms with van der Waals surface area (Å²) in [5.41, 5.74) is 3.35. The van der Waals surface area contributed by atoms with Crippen LogP contribution in [-0.2, 0) is 14.3 Å². The first-order valence-corrected chi connectivity index (χ1v) is 12.2. The van der Waals surface area contributed by atoms with Crippen LogP contribution in [0.25, 0.3) is 16.5 Å². The molecular formula is C26H30FN7O3. The number of likely N-dealkylation sites (N-methyl/N-ethyl adjacent to an activating group) is 1. The van der Waals surface area contributed by atoms with Gasteiger partial charge in [0.25, 0.3) is 5.91 Å². The van der Waals surface area contributed by atoms with Crippen molar-refractivity contribution in [1.29, 1.82) is 0 Å². The smallest absolute Gasteiger partial charge is 0.251 e. The molecule has 0 aliphatic carbocycles. The molecule has 0 saturated carbocycles. The lowest BCUT2D eigenvalue weighted by Crippen LogP contribution is -2.53. The van der Waals surface area contributed by atoms with Crippen molar-refractivity contribution in [3.05, 3.63) is 59.9 Å². The quantitative estimate of drug-likeness (QED) is 0.425. The first-order chi connectivity index (χ1) is 17.9. The number of fused-ring (bicyclic) bond motifs is 2. The van der Waals surface area contributed by atoms with Crippen LogP contribution in [0.4, 0.5) is 10.3 Å². The highest BCUT2D eigenvalue weighted by Gasteiger charge is 2.45. The number of amides is 2. The van der Waals surface area contributed by atoms with Crippen molar-refractivity contribution in [2.24, 2.45) is 0 Å². The molecule has 5 rings (SSSR count). The Hall–Kier alpha value is -3.83. The molecule has 3 unspecified atom stereocenters. The third-order valence-corrected chi connectivity index (χ3v) is 7.06. The van der Waals surface area contributed by atoms with Gasteiger partial charge in [-0.05, 0) is 44.7 Å². The minimum Gasteiger partial charge on any atom is -0.382 e. The van der Waals surface area contributed by atoms with Crippen LogP contribution in [-0.4, -0.2) is 83.6 Å². The Kier molecular flexibility index (Phi) is 6.90. The van der Waals surface area contributed by atoms with E-state index in [4.69, 9.17) is 4.74 Å². The third-order valence-electron chi connectivity index (χ3n) is 7.06. The van der Waals surface area contributed by atoms with E-state index in [1.165, 1.54) is 19.2 Å². The van der Waals surface area contributed by atoms with Crippen LogP contribution < -0.4 is 15.5 Å². The molecule has 2 aliphatic heterocycles. The van der Waals surface area contributed by atoms with Crippen molar-refractivity contribution in [3.8, 4) is 0 Å². The van der Waals surface area contributed by atoms with Gasteiger partial charge in [-0.1, -0.05) is 0 Å². The number of aromatic amines is 1. The Morgan fingerprint density at radius 1 is 1.30 bits per heavy atom. The van der Waals surface area contributed by atoms with Gasteiger partial charge in [0.15, 0.2) is 0 Å². The van der Waals surface area contributed by atoms with E-state index in [-0.39, 0.29) is 30.3 Å². The second-order valence-corrected chi connectivity index (χ2v) is 9.25. The van der Waals surface area contributed by atoms with Crippen LogP contribution in [0.2, 0.25) is 0 Å². The molecule has 2 aliphatic rings. The zero-order chi connectivity index (χ0) is 26.1. The van der Waals surface area contributed by atoms with E-state index in [2.05, 4.69) is 30.5 Å². The van der Waals surface area contributed by atoms with Gasteiger partial charge in [-0.15, -0.1) is 0 Å². The van der Waals surface area contributed by atoms with E-state index in [9.17, 15) is 14.0 Å². The van der Waals surface area contributed by atoms with Crippen molar-refractivity contribution in [2.75, 3.05) is 38.8 Å². The number of likely N-dealkylation sites (tertiary alicyclic amines) is 1. The van der Waals surface area contributed by atoms with E-state index in [0.717, 1.165) is 22.2 Å². The Bertz CT molecular complexity index is 1340. The standard InChI is InChI=1S/C26H30FN7O3/c1-15(28-2)24(35)32-21(14-37-3)25(36)33-10-7-22-23(33)19(13-34(22)26-29-8-4-9-30-26)18-12-31-20-11-16(27)5-6-17(18)20/h4-6,8-9,11-12,15,21-22,28,31H,7,10,13-14H2,1-3H3,(H,32,35). The number of anilines is 1. The maximum absolute atomic E-state index is 13.9. The molecule has 1 saturated heterocycles. The molecule has 10 nitrogen and oxygen atoms in total. The fraction of sp³-hybridized carbons (Fsp3) is 0.385. The normalized spacial score (nSPS) is 18.9. The number of nitrogens with one attached hydrogen (secondary N) is 3. The van der Waals surface area contributed by atoms with E-state index in [1.807, 2.05) is 6.20 Å². The molecule has 11 heteroatoms. The van der Waals surface area contributed by atoms with Crippen LogP contribution >= 0.6 is 0 Å². The van der Waals surface area contributed by atoms with Crippen molar-refractivity contribution in [1.82, 2.24) is 30.5 Å². The molecule has 37 heavy (non-hydrogen) atoms. The van der Waals surface area contributed by atoms with Gasteiger partial charge in [0.1, 0.15) is 11.9 Å². The summed E-state index contributed by atoms with van der Waals surface area (Å²) in [5, 5.41) is 6.58. The van der Waals surface area contributed by atoms with E-state index in [0.29, 0.717) is 31.0 Å². The number of hydrogen-bond donors (Lipinski definition) is 3. The second-order valence-electron chi connectivity index (χ2n) is 9.25. The summed E-state index contributed by atoms with van der Waals surface area (Å²) in [6.45, 7) is 2.73. The van der Waals surface area contributed by atoms with Crippen LogP contribution in [0.3, 0.4) is 0 Å². The average Bonchev–Trinajstić information content (AvgIpc) is 3.62. The molecule has 2 amide bonds. The maximum atomic E-state index is 13.9. The van der Waals surface area contributed by atoms with Crippen LogP contribution in [0, 0.1) is 5.82 Å². The zero-order valence-electron chi connectivity index (χ0n) is 21.0. The molecule has 3 atom stereocenters. The molecule has 1 aromatic carbocycles. The van der Waals surface area contributed by atoms with Crippen molar-refractivity contribution in [3.63, 3.8) is 0 Å². The Labute approximate surface area is 213 Å². The molecule has 3 aromatic rings.